The lowest BCUT2D eigenvalue weighted by Crippen LogP contribution is -2.44. The van der Waals surface area contributed by atoms with Crippen LogP contribution in [0.5, 0.6) is 0 Å². The van der Waals surface area contributed by atoms with E-state index in [9.17, 15) is 14.4 Å². The highest BCUT2D eigenvalue weighted by atomic mass is 16.6. The lowest BCUT2D eigenvalue weighted by atomic mass is 9.91. The molecule has 154 valence electrons. The van der Waals surface area contributed by atoms with Gasteiger partial charge in [-0.25, -0.2) is 9.59 Å². The average Bonchev–Trinajstić information content (AvgIpc) is 2.70. The van der Waals surface area contributed by atoms with E-state index >= 15 is 0 Å². The normalized spacial score (nSPS) is 12.0. The smallest absolute Gasteiger partial charge is 0.408 e. The molecule has 0 aromatic heterocycles. The highest BCUT2D eigenvalue weighted by Gasteiger charge is 2.27. The summed E-state index contributed by atoms with van der Waals surface area (Å²) in [5.74, 6) is -0.876. The summed E-state index contributed by atoms with van der Waals surface area (Å²) in [5.41, 5.74) is 1.07. The maximum absolute atomic E-state index is 12.5. The van der Waals surface area contributed by atoms with Crippen molar-refractivity contribution in [3.63, 3.8) is 0 Å². The van der Waals surface area contributed by atoms with Crippen LogP contribution < -0.4 is 5.32 Å². The van der Waals surface area contributed by atoms with Crippen LogP contribution in [0, 0.1) is 5.41 Å². The summed E-state index contributed by atoms with van der Waals surface area (Å²) >= 11 is 0. The second-order valence-electron chi connectivity index (χ2n) is 7.73. The quantitative estimate of drug-likeness (QED) is 0.687. The van der Waals surface area contributed by atoms with Crippen LogP contribution in [-0.4, -0.2) is 30.5 Å². The number of Topliss-reactive ketones (excluding diaryl/α,β-unsaturated/α-hetero) is 1. The molecular weight excluding hydrogens is 370 g/mol. The van der Waals surface area contributed by atoms with Gasteiger partial charge in [-0.1, -0.05) is 81.4 Å². The molecule has 0 heterocycles. The van der Waals surface area contributed by atoms with Crippen LogP contribution in [0.25, 0.3) is 0 Å². The number of hydrogen-bond donors (Lipinski definition) is 1. The SMILES string of the molecule is CC(C)(C)C(=O)COC(=O)[C@H](Cc1ccccc1)NC(=O)OCc1ccccc1. The third-order valence-electron chi connectivity index (χ3n) is 4.25. The van der Waals surface area contributed by atoms with E-state index in [2.05, 4.69) is 5.32 Å². The van der Waals surface area contributed by atoms with E-state index in [0.717, 1.165) is 11.1 Å². The largest absolute Gasteiger partial charge is 0.456 e. The maximum atomic E-state index is 12.5. The Hall–Kier alpha value is -3.15. The zero-order valence-corrected chi connectivity index (χ0v) is 17.0. The predicted octanol–water partition coefficient (Wildman–Crippen LogP) is 3.68. The molecule has 0 saturated carbocycles. The van der Waals surface area contributed by atoms with Crippen LogP contribution in [0.2, 0.25) is 0 Å². The molecule has 0 aliphatic rings. The number of alkyl carbamates (subject to hydrolysis) is 1. The molecule has 2 rings (SSSR count). The number of ether oxygens (including phenoxy) is 2. The van der Waals surface area contributed by atoms with Crippen molar-refractivity contribution in [1.29, 1.82) is 0 Å². The molecule has 1 atom stereocenters. The molecule has 0 radical (unpaired) electrons. The zero-order valence-electron chi connectivity index (χ0n) is 17.0. The molecule has 29 heavy (non-hydrogen) atoms. The molecule has 0 aliphatic carbocycles. The van der Waals surface area contributed by atoms with Crippen LogP contribution in [-0.2, 0) is 32.1 Å². The summed E-state index contributed by atoms with van der Waals surface area (Å²) in [4.78, 5) is 36.8. The van der Waals surface area contributed by atoms with Gasteiger partial charge in [0.1, 0.15) is 12.6 Å². The monoisotopic (exact) mass is 397 g/mol. The molecule has 0 saturated heterocycles. The van der Waals surface area contributed by atoms with Crippen LogP contribution in [0.15, 0.2) is 60.7 Å². The van der Waals surface area contributed by atoms with E-state index in [4.69, 9.17) is 9.47 Å². The molecule has 2 aromatic carbocycles. The first-order valence-electron chi connectivity index (χ1n) is 9.47. The summed E-state index contributed by atoms with van der Waals surface area (Å²) in [5, 5.41) is 2.55. The lowest BCUT2D eigenvalue weighted by molar-refractivity contribution is -0.151. The number of carbonyl (C=O) groups is 3. The van der Waals surface area contributed by atoms with Gasteiger partial charge in [-0.05, 0) is 11.1 Å². The fourth-order valence-corrected chi connectivity index (χ4v) is 2.40. The van der Waals surface area contributed by atoms with E-state index in [1.165, 1.54) is 0 Å². The lowest BCUT2D eigenvalue weighted by Gasteiger charge is -2.20. The van der Waals surface area contributed by atoms with E-state index in [1.807, 2.05) is 60.7 Å². The molecule has 1 N–H and O–H groups in total. The van der Waals surface area contributed by atoms with Crippen molar-refractivity contribution in [2.45, 2.75) is 39.8 Å². The van der Waals surface area contributed by atoms with Crippen molar-refractivity contribution in [3.8, 4) is 0 Å². The molecule has 0 aliphatic heterocycles. The summed E-state index contributed by atoms with van der Waals surface area (Å²) < 4.78 is 10.4. The van der Waals surface area contributed by atoms with Gasteiger partial charge in [0.05, 0.1) is 0 Å². The molecule has 0 spiro atoms. The average molecular weight is 397 g/mol. The first kappa shape index (κ1) is 22.1. The highest BCUT2D eigenvalue weighted by Crippen LogP contribution is 2.15. The first-order valence-corrected chi connectivity index (χ1v) is 9.47. The zero-order chi connectivity index (χ0) is 21.3. The van der Waals surface area contributed by atoms with Crippen molar-refractivity contribution in [1.82, 2.24) is 5.32 Å². The van der Waals surface area contributed by atoms with Gasteiger partial charge in [0.15, 0.2) is 12.4 Å². The van der Waals surface area contributed by atoms with E-state index < -0.39 is 23.5 Å². The van der Waals surface area contributed by atoms with E-state index in [0.29, 0.717) is 0 Å². The van der Waals surface area contributed by atoms with Crippen molar-refractivity contribution >= 4 is 17.8 Å². The summed E-state index contributed by atoms with van der Waals surface area (Å²) in [6, 6.07) is 17.5. The molecule has 0 bridgehead atoms. The number of carbonyl (C=O) groups excluding carboxylic acids is 3. The van der Waals surface area contributed by atoms with Gasteiger partial charge >= 0.3 is 12.1 Å². The summed E-state index contributed by atoms with van der Waals surface area (Å²) in [6.07, 6.45) is -0.502. The Balaban J connectivity index is 1.99. The number of benzene rings is 2. The molecule has 0 unspecified atom stereocenters. The summed E-state index contributed by atoms with van der Waals surface area (Å²) in [7, 11) is 0. The van der Waals surface area contributed by atoms with Gasteiger partial charge in [-0.2, -0.15) is 0 Å². The second kappa shape index (κ2) is 10.4. The van der Waals surface area contributed by atoms with Gasteiger partial charge < -0.3 is 14.8 Å². The number of rotatable bonds is 8. The Morgan fingerprint density at radius 3 is 1.97 bits per heavy atom. The van der Waals surface area contributed by atoms with Crippen molar-refractivity contribution < 1.29 is 23.9 Å². The van der Waals surface area contributed by atoms with Crippen molar-refractivity contribution in [2.75, 3.05) is 6.61 Å². The molecule has 6 heteroatoms. The van der Waals surface area contributed by atoms with Gasteiger partial charge in [0.25, 0.3) is 0 Å². The number of hydrogen-bond acceptors (Lipinski definition) is 5. The Labute approximate surface area is 171 Å². The molecular formula is C23H27NO5. The number of nitrogens with one attached hydrogen (secondary N) is 1. The van der Waals surface area contributed by atoms with E-state index in [1.54, 1.807) is 20.8 Å². The Bertz CT molecular complexity index is 812. The van der Waals surface area contributed by atoms with Gasteiger partial charge in [0, 0.05) is 11.8 Å². The van der Waals surface area contributed by atoms with Crippen LogP contribution in [0.3, 0.4) is 0 Å². The molecule has 1 amide bonds. The minimum absolute atomic E-state index is 0.0856. The standard InChI is InChI=1S/C23H27NO5/c1-23(2,3)20(25)16-28-21(26)19(14-17-10-6-4-7-11-17)24-22(27)29-15-18-12-8-5-9-13-18/h4-13,19H,14-16H2,1-3H3,(H,24,27)/t19-/m0/s1. The number of esters is 1. The predicted molar refractivity (Wildman–Crippen MR) is 109 cm³/mol. The van der Waals surface area contributed by atoms with Crippen LogP contribution in [0.1, 0.15) is 31.9 Å². The van der Waals surface area contributed by atoms with Gasteiger partial charge in [-0.15, -0.1) is 0 Å². The van der Waals surface area contributed by atoms with Crippen LogP contribution >= 0.6 is 0 Å². The van der Waals surface area contributed by atoms with E-state index in [-0.39, 0.29) is 25.4 Å². The highest BCUT2D eigenvalue weighted by molar-refractivity contribution is 5.88. The molecule has 0 fully saturated rings. The fourth-order valence-electron chi connectivity index (χ4n) is 2.40. The van der Waals surface area contributed by atoms with Crippen molar-refractivity contribution in [3.05, 3.63) is 71.8 Å². The number of amides is 1. The van der Waals surface area contributed by atoms with Crippen LogP contribution in [0.4, 0.5) is 4.79 Å². The molecule has 2 aromatic rings. The first-order chi connectivity index (χ1) is 13.8. The third-order valence-corrected chi connectivity index (χ3v) is 4.25. The Kier molecular flexibility index (Phi) is 7.95. The van der Waals surface area contributed by atoms with Gasteiger partial charge in [-0.3, -0.25) is 4.79 Å². The third kappa shape index (κ3) is 7.78. The van der Waals surface area contributed by atoms with Gasteiger partial charge in [0.2, 0.25) is 0 Å². The minimum atomic E-state index is -0.964. The Morgan fingerprint density at radius 2 is 1.41 bits per heavy atom. The second-order valence-corrected chi connectivity index (χ2v) is 7.73. The topological polar surface area (TPSA) is 81.7 Å². The summed E-state index contributed by atoms with van der Waals surface area (Å²) in [6.45, 7) is 5.01. The maximum Gasteiger partial charge on any atom is 0.408 e. The molecule has 6 nitrogen and oxygen atoms in total. The Morgan fingerprint density at radius 1 is 0.862 bits per heavy atom. The number of ketones is 1. The fraction of sp³-hybridized carbons (Fsp3) is 0.348. The minimum Gasteiger partial charge on any atom is -0.456 e. The van der Waals surface area contributed by atoms with Crippen molar-refractivity contribution in [2.24, 2.45) is 5.41 Å².